The summed E-state index contributed by atoms with van der Waals surface area (Å²) in [5.74, 6) is 1.65. The van der Waals surface area contributed by atoms with Crippen LogP contribution < -0.4 is 4.74 Å². The van der Waals surface area contributed by atoms with Crippen LogP contribution in [0.15, 0.2) is 60.1 Å². The highest BCUT2D eigenvalue weighted by Gasteiger charge is 2.15. The Labute approximate surface area is 157 Å². The van der Waals surface area contributed by atoms with Crippen molar-refractivity contribution in [1.82, 2.24) is 19.9 Å². The van der Waals surface area contributed by atoms with E-state index in [9.17, 15) is 0 Å². The summed E-state index contributed by atoms with van der Waals surface area (Å²) < 4.78 is 5.96. The minimum Gasteiger partial charge on any atom is -0.492 e. The number of hydrogen-bond donors (Lipinski definition) is 1. The second kappa shape index (κ2) is 8.38. The first-order chi connectivity index (χ1) is 12.9. The molecule has 0 bridgehead atoms. The molecule has 1 aliphatic heterocycles. The Kier molecular flexibility index (Phi) is 5.52. The molecule has 0 saturated carbocycles. The molecule has 134 valence electrons. The molecule has 0 radical (unpaired) electrons. The van der Waals surface area contributed by atoms with Crippen molar-refractivity contribution in [2.24, 2.45) is 0 Å². The number of fused-ring (bicyclic) bond motifs is 1. The molecule has 3 aromatic rings. The molecular formula is C20H22N4OS. The highest BCUT2D eigenvalue weighted by Crippen LogP contribution is 2.21. The van der Waals surface area contributed by atoms with Gasteiger partial charge in [0, 0.05) is 50.0 Å². The first-order valence-corrected chi connectivity index (χ1v) is 9.84. The van der Waals surface area contributed by atoms with Crippen molar-refractivity contribution in [2.45, 2.75) is 23.9 Å². The molecule has 26 heavy (non-hydrogen) atoms. The molecule has 3 heterocycles. The van der Waals surface area contributed by atoms with Gasteiger partial charge in [-0.2, -0.15) is 0 Å². The van der Waals surface area contributed by atoms with Crippen LogP contribution in [0.5, 0.6) is 5.75 Å². The summed E-state index contributed by atoms with van der Waals surface area (Å²) in [5.41, 5.74) is 3.92. The van der Waals surface area contributed by atoms with Gasteiger partial charge in [-0.1, -0.05) is 36.0 Å². The lowest BCUT2D eigenvalue weighted by Gasteiger charge is -2.28. The van der Waals surface area contributed by atoms with Crippen LogP contribution in [-0.2, 0) is 18.7 Å². The predicted molar refractivity (Wildman–Crippen MR) is 103 cm³/mol. The molecule has 2 aromatic heterocycles. The van der Waals surface area contributed by atoms with Gasteiger partial charge in [0.05, 0.1) is 5.69 Å². The van der Waals surface area contributed by atoms with E-state index in [1.54, 1.807) is 18.0 Å². The summed E-state index contributed by atoms with van der Waals surface area (Å²) in [5, 5.41) is 0.906. The van der Waals surface area contributed by atoms with E-state index < -0.39 is 0 Å². The first kappa shape index (κ1) is 17.1. The third kappa shape index (κ3) is 4.45. The summed E-state index contributed by atoms with van der Waals surface area (Å²) in [7, 11) is 0. The van der Waals surface area contributed by atoms with Crippen LogP contribution >= 0.6 is 11.8 Å². The van der Waals surface area contributed by atoms with Crippen molar-refractivity contribution in [3.05, 3.63) is 71.8 Å². The topological polar surface area (TPSA) is 54.0 Å². The third-order valence-corrected chi connectivity index (χ3v) is 5.44. The van der Waals surface area contributed by atoms with Crippen molar-refractivity contribution in [3.63, 3.8) is 0 Å². The Hall–Kier alpha value is -2.31. The number of ether oxygens (including phenoxy) is 1. The maximum atomic E-state index is 5.96. The standard InChI is InChI=1S/C20H22N4OS/c1-2-4-17-14-24(10-6-16(17)3-1)11-12-25-19-5-7-21-18(13-19)15-26-20-22-8-9-23-20/h1-5,7-9,13H,6,10-12,14-15H2,(H,22,23). The maximum absolute atomic E-state index is 5.96. The summed E-state index contributed by atoms with van der Waals surface area (Å²) in [4.78, 5) is 14.2. The average molecular weight is 366 g/mol. The van der Waals surface area contributed by atoms with Crippen molar-refractivity contribution in [1.29, 1.82) is 0 Å². The van der Waals surface area contributed by atoms with Crippen molar-refractivity contribution < 1.29 is 4.74 Å². The van der Waals surface area contributed by atoms with Gasteiger partial charge >= 0.3 is 0 Å². The number of thioether (sulfide) groups is 1. The lowest BCUT2D eigenvalue weighted by Crippen LogP contribution is -2.33. The van der Waals surface area contributed by atoms with Crippen LogP contribution in [0.25, 0.3) is 0 Å². The maximum Gasteiger partial charge on any atom is 0.165 e. The van der Waals surface area contributed by atoms with Gasteiger partial charge in [0.15, 0.2) is 5.16 Å². The molecule has 0 aliphatic carbocycles. The number of aromatic amines is 1. The van der Waals surface area contributed by atoms with Gasteiger partial charge in [0.25, 0.3) is 0 Å². The fourth-order valence-corrected chi connectivity index (χ4v) is 3.86. The molecule has 4 rings (SSSR count). The zero-order valence-electron chi connectivity index (χ0n) is 14.6. The molecular weight excluding hydrogens is 344 g/mol. The quantitative estimate of drug-likeness (QED) is 0.648. The van der Waals surface area contributed by atoms with Crippen LogP contribution in [0.4, 0.5) is 0 Å². The minimum atomic E-state index is 0.691. The summed E-state index contributed by atoms with van der Waals surface area (Å²) >= 11 is 1.64. The Bertz CT molecular complexity index is 837. The normalized spacial score (nSPS) is 14.2. The molecule has 1 N–H and O–H groups in total. The van der Waals surface area contributed by atoms with Gasteiger partial charge in [0.1, 0.15) is 12.4 Å². The van der Waals surface area contributed by atoms with Gasteiger partial charge in [0.2, 0.25) is 0 Å². The fraction of sp³-hybridized carbons (Fsp3) is 0.300. The Balaban J connectivity index is 1.25. The van der Waals surface area contributed by atoms with Gasteiger partial charge in [-0.05, 0) is 23.6 Å². The second-order valence-electron chi connectivity index (χ2n) is 6.31. The molecule has 0 fully saturated rings. The highest BCUT2D eigenvalue weighted by atomic mass is 32.2. The number of nitrogens with zero attached hydrogens (tertiary/aromatic N) is 3. The summed E-state index contributed by atoms with van der Waals surface area (Å²) in [6, 6.07) is 12.7. The molecule has 1 aliphatic rings. The van der Waals surface area contributed by atoms with Crippen LogP contribution in [0, 0.1) is 0 Å². The lowest BCUT2D eigenvalue weighted by molar-refractivity contribution is 0.196. The average Bonchev–Trinajstić information content (AvgIpc) is 3.20. The smallest absolute Gasteiger partial charge is 0.165 e. The molecule has 5 nitrogen and oxygen atoms in total. The Morgan fingerprint density at radius 2 is 2.04 bits per heavy atom. The summed E-state index contributed by atoms with van der Waals surface area (Å²) in [6.45, 7) is 3.74. The number of rotatable bonds is 7. The van der Waals surface area contributed by atoms with Crippen molar-refractivity contribution in [3.8, 4) is 5.75 Å². The number of aromatic nitrogens is 3. The SMILES string of the molecule is c1ccc2c(c1)CCN(CCOc1ccnc(CSc3ncc[nH]3)c1)C2. The molecule has 6 heteroatoms. The van der Waals surface area contributed by atoms with E-state index >= 15 is 0 Å². The van der Waals surface area contributed by atoms with E-state index in [0.717, 1.165) is 48.4 Å². The first-order valence-electron chi connectivity index (χ1n) is 8.86. The van der Waals surface area contributed by atoms with Crippen LogP contribution in [-0.4, -0.2) is 39.5 Å². The van der Waals surface area contributed by atoms with E-state index in [-0.39, 0.29) is 0 Å². The number of pyridine rings is 1. The lowest BCUT2D eigenvalue weighted by atomic mass is 10.0. The molecule has 0 unspecified atom stereocenters. The second-order valence-corrected chi connectivity index (χ2v) is 7.27. The number of H-pyrrole nitrogens is 1. The molecule has 0 spiro atoms. The van der Waals surface area contributed by atoms with Crippen LogP contribution in [0.2, 0.25) is 0 Å². The van der Waals surface area contributed by atoms with Crippen molar-refractivity contribution in [2.75, 3.05) is 19.7 Å². The number of hydrogen-bond acceptors (Lipinski definition) is 5. The molecule has 0 saturated heterocycles. The van der Waals surface area contributed by atoms with E-state index in [1.807, 2.05) is 24.5 Å². The summed E-state index contributed by atoms with van der Waals surface area (Å²) in [6.07, 6.45) is 6.52. The van der Waals surface area contributed by atoms with Crippen molar-refractivity contribution >= 4 is 11.8 Å². The number of benzene rings is 1. The van der Waals surface area contributed by atoms with Gasteiger partial charge < -0.3 is 9.72 Å². The predicted octanol–water partition coefficient (Wildman–Crippen LogP) is 3.53. The molecule has 1 aromatic carbocycles. The fourth-order valence-electron chi connectivity index (χ4n) is 3.13. The zero-order chi connectivity index (χ0) is 17.6. The Morgan fingerprint density at radius 3 is 2.92 bits per heavy atom. The minimum absolute atomic E-state index is 0.691. The monoisotopic (exact) mass is 366 g/mol. The van der Waals surface area contributed by atoms with E-state index in [0.29, 0.717) is 6.61 Å². The van der Waals surface area contributed by atoms with Crippen LogP contribution in [0.3, 0.4) is 0 Å². The largest absolute Gasteiger partial charge is 0.492 e. The number of imidazole rings is 1. The van der Waals surface area contributed by atoms with Crippen LogP contribution in [0.1, 0.15) is 16.8 Å². The van der Waals surface area contributed by atoms with Gasteiger partial charge in [-0.15, -0.1) is 0 Å². The molecule has 0 amide bonds. The Morgan fingerprint density at radius 1 is 1.12 bits per heavy atom. The number of nitrogens with one attached hydrogen (secondary N) is 1. The molecule has 0 atom stereocenters. The van der Waals surface area contributed by atoms with Gasteiger partial charge in [-0.25, -0.2) is 4.98 Å². The van der Waals surface area contributed by atoms with Gasteiger partial charge in [-0.3, -0.25) is 9.88 Å². The van der Waals surface area contributed by atoms with E-state index in [2.05, 4.69) is 44.1 Å². The highest BCUT2D eigenvalue weighted by molar-refractivity contribution is 7.98. The third-order valence-electron chi connectivity index (χ3n) is 4.50. The van der Waals surface area contributed by atoms with E-state index in [1.165, 1.54) is 11.1 Å². The van der Waals surface area contributed by atoms with E-state index in [4.69, 9.17) is 4.74 Å². The zero-order valence-corrected chi connectivity index (χ0v) is 15.4.